The highest BCUT2D eigenvalue weighted by Gasteiger charge is 2.22. The quantitative estimate of drug-likeness (QED) is 0.839. The van der Waals surface area contributed by atoms with Gasteiger partial charge in [0.1, 0.15) is 5.75 Å². The molecule has 6 nitrogen and oxygen atoms in total. The van der Waals surface area contributed by atoms with Gasteiger partial charge in [-0.15, -0.1) is 0 Å². The molecule has 1 atom stereocenters. The Kier molecular flexibility index (Phi) is 6.77. The van der Waals surface area contributed by atoms with Gasteiger partial charge in [-0.25, -0.2) is 4.79 Å². The van der Waals surface area contributed by atoms with Crippen LogP contribution in [0.4, 0.5) is 10.5 Å². The van der Waals surface area contributed by atoms with E-state index in [9.17, 15) is 4.79 Å². The standard InChI is InChI=1S/C19H26N4O2/c1-15(16-7-6-10-20-14-16)23(12-11-22(2)3)19(24)21-17-8-5-9-18(13-17)25-4/h5-10,13-15H,11-12H2,1-4H3,(H,21,24)/t15-/m0/s1. The van der Waals surface area contributed by atoms with Crippen molar-refractivity contribution in [3.8, 4) is 5.75 Å². The number of carbonyl (C=O) groups is 1. The van der Waals surface area contributed by atoms with Gasteiger partial charge >= 0.3 is 6.03 Å². The van der Waals surface area contributed by atoms with Crippen molar-refractivity contribution < 1.29 is 9.53 Å². The maximum Gasteiger partial charge on any atom is 0.322 e. The molecule has 1 N–H and O–H groups in total. The summed E-state index contributed by atoms with van der Waals surface area (Å²) in [6.07, 6.45) is 3.53. The third kappa shape index (κ3) is 5.46. The van der Waals surface area contributed by atoms with E-state index < -0.39 is 0 Å². The van der Waals surface area contributed by atoms with Crippen LogP contribution in [-0.4, -0.2) is 55.1 Å². The molecule has 0 aliphatic heterocycles. The first kappa shape index (κ1) is 18.7. The SMILES string of the molecule is COc1cccc(NC(=O)N(CCN(C)C)[C@@H](C)c2cccnc2)c1. The van der Waals surface area contributed by atoms with Crippen molar-refractivity contribution >= 4 is 11.7 Å². The number of nitrogens with zero attached hydrogens (tertiary/aromatic N) is 3. The fourth-order valence-electron chi connectivity index (χ4n) is 2.48. The lowest BCUT2D eigenvalue weighted by Gasteiger charge is -2.30. The van der Waals surface area contributed by atoms with Gasteiger partial charge in [-0.3, -0.25) is 4.98 Å². The fourth-order valence-corrected chi connectivity index (χ4v) is 2.48. The first-order chi connectivity index (χ1) is 12.0. The minimum atomic E-state index is -0.147. The van der Waals surface area contributed by atoms with Crippen LogP contribution in [0, 0.1) is 0 Å². The zero-order valence-electron chi connectivity index (χ0n) is 15.3. The maximum atomic E-state index is 12.9. The molecule has 2 amide bonds. The molecule has 0 aliphatic rings. The molecule has 0 unspecified atom stereocenters. The normalized spacial score (nSPS) is 11.9. The first-order valence-corrected chi connectivity index (χ1v) is 8.27. The molecule has 0 saturated carbocycles. The molecular formula is C19H26N4O2. The number of rotatable bonds is 7. The molecule has 0 saturated heterocycles. The largest absolute Gasteiger partial charge is 0.497 e. The lowest BCUT2D eigenvalue weighted by Crippen LogP contribution is -2.41. The second-order valence-electron chi connectivity index (χ2n) is 6.12. The van der Waals surface area contributed by atoms with Crippen LogP contribution in [0.1, 0.15) is 18.5 Å². The second kappa shape index (κ2) is 9.03. The number of aromatic nitrogens is 1. The molecule has 0 bridgehead atoms. The number of nitrogens with one attached hydrogen (secondary N) is 1. The maximum absolute atomic E-state index is 12.9. The highest BCUT2D eigenvalue weighted by molar-refractivity contribution is 5.89. The van der Waals surface area contributed by atoms with Crippen LogP contribution in [0.5, 0.6) is 5.75 Å². The molecule has 2 rings (SSSR count). The van der Waals surface area contributed by atoms with E-state index in [0.29, 0.717) is 18.0 Å². The number of methoxy groups -OCH3 is 1. The van der Waals surface area contributed by atoms with Crippen molar-refractivity contribution in [2.45, 2.75) is 13.0 Å². The molecular weight excluding hydrogens is 316 g/mol. The topological polar surface area (TPSA) is 57.7 Å². The molecule has 6 heteroatoms. The van der Waals surface area contributed by atoms with Gasteiger partial charge in [-0.05, 0) is 44.8 Å². The van der Waals surface area contributed by atoms with Crippen molar-refractivity contribution in [1.29, 1.82) is 0 Å². The van der Waals surface area contributed by atoms with E-state index >= 15 is 0 Å². The van der Waals surface area contributed by atoms with Gasteiger partial charge in [0.2, 0.25) is 0 Å². The lowest BCUT2D eigenvalue weighted by atomic mass is 10.1. The Morgan fingerprint density at radius 3 is 2.68 bits per heavy atom. The fraction of sp³-hybridized carbons (Fsp3) is 0.368. The minimum Gasteiger partial charge on any atom is -0.497 e. The van der Waals surface area contributed by atoms with Crippen molar-refractivity contribution in [1.82, 2.24) is 14.8 Å². The molecule has 25 heavy (non-hydrogen) atoms. The summed E-state index contributed by atoms with van der Waals surface area (Å²) in [4.78, 5) is 20.9. The zero-order valence-corrected chi connectivity index (χ0v) is 15.3. The number of pyridine rings is 1. The summed E-state index contributed by atoms with van der Waals surface area (Å²) in [5, 5.41) is 2.96. The first-order valence-electron chi connectivity index (χ1n) is 8.27. The van der Waals surface area contributed by atoms with Gasteiger partial charge in [-0.1, -0.05) is 12.1 Å². The number of urea groups is 1. The van der Waals surface area contributed by atoms with Crippen LogP contribution in [0.2, 0.25) is 0 Å². The predicted molar refractivity (Wildman–Crippen MR) is 99.9 cm³/mol. The van der Waals surface area contributed by atoms with Gasteiger partial charge in [0.05, 0.1) is 13.2 Å². The van der Waals surface area contributed by atoms with Crippen molar-refractivity contribution in [3.05, 3.63) is 54.4 Å². The Bertz CT molecular complexity index is 676. The number of benzene rings is 1. The third-order valence-corrected chi connectivity index (χ3v) is 4.00. The molecule has 2 aromatic rings. The van der Waals surface area contributed by atoms with E-state index in [4.69, 9.17) is 4.74 Å². The number of amides is 2. The summed E-state index contributed by atoms with van der Waals surface area (Å²) in [5.41, 5.74) is 1.71. The number of carbonyl (C=O) groups excluding carboxylic acids is 1. The molecule has 0 radical (unpaired) electrons. The number of likely N-dealkylation sites (N-methyl/N-ethyl adjacent to an activating group) is 1. The Morgan fingerprint density at radius 1 is 1.24 bits per heavy atom. The van der Waals surface area contributed by atoms with Crippen LogP contribution in [0.25, 0.3) is 0 Å². The Balaban J connectivity index is 2.17. The minimum absolute atomic E-state index is 0.0840. The molecule has 134 valence electrons. The average molecular weight is 342 g/mol. The average Bonchev–Trinajstić information content (AvgIpc) is 2.62. The van der Waals surface area contributed by atoms with Gasteiger partial charge in [-0.2, -0.15) is 0 Å². The molecule has 0 aliphatic carbocycles. The number of hydrogen-bond acceptors (Lipinski definition) is 4. The van der Waals surface area contributed by atoms with E-state index in [1.807, 2.05) is 56.3 Å². The number of ether oxygens (including phenoxy) is 1. The molecule has 1 aromatic carbocycles. The Hall–Kier alpha value is -2.60. The number of anilines is 1. The highest BCUT2D eigenvalue weighted by atomic mass is 16.5. The van der Waals surface area contributed by atoms with E-state index in [1.165, 1.54) is 0 Å². The summed E-state index contributed by atoms with van der Waals surface area (Å²) in [7, 11) is 5.59. The van der Waals surface area contributed by atoms with Crippen LogP contribution in [0.15, 0.2) is 48.8 Å². The third-order valence-electron chi connectivity index (χ3n) is 4.00. The van der Waals surface area contributed by atoms with Crippen LogP contribution < -0.4 is 10.1 Å². The van der Waals surface area contributed by atoms with Gasteiger partial charge < -0.3 is 19.9 Å². The Morgan fingerprint density at radius 2 is 2.04 bits per heavy atom. The predicted octanol–water partition coefficient (Wildman–Crippen LogP) is 3.25. The molecule has 0 spiro atoms. The van der Waals surface area contributed by atoms with Crippen molar-refractivity contribution in [2.24, 2.45) is 0 Å². The van der Waals surface area contributed by atoms with E-state index in [2.05, 4.69) is 15.2 Å². The van der Waals surface area contributed by atoms with Gasteiger partial charge in [0.25, 0.3) is 0 Å². The summed E-state index contributed by atoms with van der Waals surface area (Å²) >= 11 is 0. The van der Waals surface area contributed by atoms with Crippen molar-refractivity contribution in [3.63, 3.8) is 0 Å². The van der Waals surface area contributed by atoms with Crippen LogP contribution >= 0.6 is 0 Å². The lowest BCUT2D eigenvalue weighted by molar-refractivity contribution is 0.185. The van der Waals surface area contributed by atoms with E-state index in [1.54, 1.807) is 25.6 Å². The highest BCUT2D eigenvalue weighted by Crippen LogP contribution is 2.22. The summed E-state index contributed by atoms with van der Waals surface area (Å²) in [5.74, 6) is 0.706. The summed E-state index contributed by atoms with van der Waals surface area (Å²) < 4.78 is 5.21. The Labute approximate surface area is 149 Å². The second-order valence-corrected chi connectivity index (χ2v) is 6.12. The van der Waals surface area contributed by atoms with Crippen LogP contribution in [-0.2, 0) is 0 Å². The summed E-state index contributed by atoms with van der Waals surface area (Å²) in [6.45, 7) is 3.40. The van der Waals surface area contributed by atoms with Crippen molar-refractivity contribution in [2.75, 3.05) is 39.6 Å². The monoisotopic (exact) mass is 342 g/mol. The summed E-state index contributed by atoms with van der Waals surface area (Å²) in [6, 6.07) is 11.0. The number of hydrogen-bond donors (Lipinski definition) is 1. The van der Waals surface area contributed by atoms with E-state index in [-0.39, 0.29) is 12.1 Å². The molecule has 1 aromatic heterocycles. The van der Waals surface area contributed by atoms with Crippen LogP contribution in [0.3, 0.4) is 0 Å². The molecule has 0 fully saturated rings. The van der Waals surface area contributed by atoms with Gasteiger partial charge in [0.15, 0.2) is 0 Å². The molecule has 1 heterocycles. The zero-order chi connectivity index (χ0) is 18.2. The van der Waals surface area contributed by atoms with Gasteiger partial charge in [0, 0.05) is 37.2 Å². The smallest absolute Gasteiger partial charge is 0.322 e. The van der Waals surface area contributed by atoms with E-state index in [0.717, 1.165) is 12.1 Å².